The third kappa shape index (κ3) is 3.00. The molecule has 0 spiro atoms. The Bertz CT molecular complexity index is 626. The van der Waals surface area contributed by atoms with Gasteiger partial charge in [-0.15, -0.1) is 0 Å². The van der Waals surface area contributed by atoms with Crippen molar-refractivity contribution in [1.29, 1.82) is 0 Å². The number of aromatic nitrogens is 1. The van der Waals surface area contributed by atoms with Gasteiger partial charge in [0, 0.05) is 12.4 Å². The van der Waals surface area contributed by atoms with Crippen LogP contribution in [0.4, 0.5) is 0 Å². The molecule has 1 heterocycles. The number of benzene rings is 1. The number of carboxylic acid groups (broad SMARTS) is 1. The van der Waals surface area contributed by atoms with Crippen LogP contribution in [0.15, 0.2) is 48.8 Å². The highest BCUT2D eigenvalue weighted by Gasteiger charge is 2.17. The van der Waals surface area contributed by atoms with E-state index in [1.165, 1.54) is 12.1 Å². The van der Waals surface area contributed by atoms with Gasteiger partial charge in [-0.1, -0.05) is 18.2 Å². The van der Waals surface area contributed by atoms with Gasteiger partial charge in [0.05, 0.1) is 17.2 Å². The van der Waals surface area contributed by atoms with Crippen molar-refractivity contribution in [3.63, 3.8) is 0 Å². The number of pyridine rings is 1. The van der Waals surface area contributed by atoms with Crippen LogP contribution >= 0.6 is 0 Å². The summed E-state index contributed by atoms with van der Waals surface area (Å²) < 4.78 is 0. The second-order valence-corrected chi connectivity index (χ2v) is 4.33. The van der Waals surface area contributed by atoms with Crippen LogP contribution in [0.5, 0.6) is 0 Å². The molecule has 0 unspecified atom stereocenters. The van der Waals surface area contributed by atoms with Crippen molar-refractivity contribution in [2.45, 2.75) is 13.0 Å². The average Bonchev–Trinajstić information content (AvgIpc) is 2.48. The second kappa shape index (κ2) is 5.97. The Morgan fingerprint density at radius 2 is 1.85 bits per heavy atom. The van der Waals surface area contributed by atoms with Crippen molar-refractivity contribution in [3.8, 4) is 0 Å². The number of rotatable bonds is 4. The number of amides is 1. The molecule has 20 heavy (non-hydrogen) atoms. The van der Waals surface area contributed by atoms with E-state index in [9.17, 15) is 9.59 Å². The zero-order valence-electron chi connectivity index (χ0n) is 10.9. The van der Waals surface area contributed by atoms with E-state index in [-0.39, 0.29) is 17.2 Å². The smallest absolute Gasteiger partial charge is 0.336 e. The van der Waals surface area contributed by atoms with Gasteiger partial charge in [0.2, 0.25) is 0 Å². The number of carbonyl (C=O) groups is 2. The molecule has 0 radical (unpaired) electrons. The van der Waals surface area contributed by atoms with Crippen LogP contribution in [0.25, 0.3) is 0 Å². The number of carbonyl (C=O) groups excluding carboxylic acids is 1. The predicted octanol–water partition coefficient (Wildman–Crippen LogP) is 2.27. The molecule has 0 aliphatic heterocycles. The molecule has 2 N–H and O–H groups in total. The summed E-state index contributed by atoms with van der Waals surface area (Å²) in [5.41, 5.74) is 0.993. The molecule has 1 atom stereocenters. The Labute approximate surface area is 116 Å². The Morgan fingerprint density at radius 3 is 2.45 bits per heavy atom. The van der Waals surface area contributed by atoms with Gasteiger partial charge < -0.3 is 10.4 Å². The number of nitrogens with one attached hydrogen (secondary N) is 1. The fourth-order valence-electron chi connectivity index (χ4n) is 1.86. The minimum atomic E-state index is -1.12. The maximum Gasteiger partial charge on any atom is 0.336 e. The van der Waals surface area contributed by atoms with E-state index in [0.717, 1.165) is 5.56 Å². The minimum Gasteiger partial charge on any atom is -0.478 e. The van der Waals surface area contributed by atoms with Crippen LogP contribution in [0.2, 0.25) is 0 Å². The van der Waals surface area contributed by atoms with Crippen molar-refractivity contribution in [2.24, 2.45) is 0 Å². The predicted molar refractivity (Wildman–Crippen MR) is 73.5 cm³/mol. The minimum absolute atomic E-state index is 0.0108. The third-order valence-corrected chi connectivity index (χ3v) is 2.93. The van der Waals surface area contributed by atoms with E-state index in [0.29, 0.717) is 0 Å². The van der Waals surface area contributed by atoms with Crippen molar-refractivity contribution in [3.05, 3.63) is 65.5 Å². The van der Waals surface area contributed by atoms with Gasteiger partial charge in [0.25, 0.3) is 5.91 Å². The molecule has 5 nitrogen and oxygen atoms in total. The Balaban J connectivity index is 2.19. The highest BCUT2D eigenvalue weighted by Crippen LogP contribution is 2.13. The number of hydrogen-bond donors (Lipinski definition) is 2. The lowest BCUT2D eigenvalue weighted by atomic mass is 10.1. The first-order chi connectivity index (χ1) is 9.59. The van der Waals surface area contributed by atoms with E-state index in [2.05, 4.69) is 10.3 Å². The highest BCUT2D eigenvalue weighted by atomic mass is 16.4. The lowest BCUT2D eigenvalue weighted by Crippen LogP contribution is -2.28. The summed E-state index contributed by atoms with van der Waals surface area (Å²) in [6.45, 7) is 1.82. The van der Waals surface area contributed by atoms with Crippen molar-refractivity contribution >= 4 is 11.9 Å². The number of hydrogen-bond acceptors (Lipinski definition) is 3. The standard InChI is InChI=1S/C15H14N2O3/c1-10(11-5-4-8-16-9-11)17-14(18)12-6-2-3-7-13(12)15(19)20/h2-10H,1H3,(H,17,18)(H,19,20)/t10-/m1/s1. The zero-order valence-corrected chi connectivity index (χ0v) is 10.9. The van der Waals surface area contributed by atoms with Crippen LogP contribution in [0.1, 0.15) is 39.2 Å². The summed E-state index contributed by atoms with van der Waals surface area (Å²) in [4.78, 5) is 27.2. The van der Waals surface area contributed by atoms with Crippen LogP contribution in [0.3, 0.4) is 0 Å². The summed E-state index contributed by atoms with van der Waals surface area (Å²) in [5.74, 6) is -1.54. The lowest BCUT2D eigenvalue weighted by Gasteiger charge is -2.14. The summed E-state index contributed by atoms with van der Waals surface area (Å²) in [6, 6.07) is 9.50. The first-order valence-corrected chi connectivity index (χ1v) is 6.12. The Hall–Kier alpha value is -2.69. The van der Waals surface area contributed by atoms with Crippen LogP contribution in [0, 0.1) is 0 Å². The molecule has 0 aliphatic rings. The zero-order chi connectivity index (χ0) is 14.5. The summed E-state index contributed by atoms with van der Waals surface area (Å²) in [7, 11) is 0. The second-order valence-electron chi connectivity index (χ2n) is 4.33. The third-order valence-electron chi connectivity index (χ3n) is 2.93. The molecule has 1 amide bonds. The topological polar surface area (TPSA) is 79.3 Å². The van der Waals surface area contributed by atoms with Gasteiger partial charge in [0.15, 0.2) is 0 Å². The molecule has 0 aliphatic carbocycles. The molecule has 1 aromatic carbocycles. The molecular formula is C15H14N2O3. The van der Waals surface area contributed by atoms with Gasteiger partial charge in [-0.2, -0.15) is 0 Å². The van der Waals surface area contributed by atoms with E-state index < -0.39 is 11.9 Å². The van der Waals surface area contributed by atoms with Crippen LogP contribution in [-0.2, 0) is 0 Å². The number of nitrogens with zero attached hydrogens (tertiary/aromatic N) is 1. The number of aromatic carboxylic acids is 1. The molecule has 0 fully saturated rings. The van der Waals surface area contributed by atoms with E-state index in [1.807, 2.05) is 13.0 Å². The first-order valence-electron chi connectivity index (χ1n) is 6.12. The van der Waals surface area contributed by atoms with Gasteiger partial charge in [-0.25, -0.2) is 4.79 Å². The molecule has 2 rings (SSSR count). The van der Waals surface area contributed by atoms with Crippen molar-refractivity contribution < 1.29 is 14.7 Å². The fraction of sp³-hybridized carbons (Fsp3) is 0.133. The monoisotopic (exact) mass is 270 g/mol. The molecule has 0 bridgehead atoms. The van der Waals surface area contributed by atoms with Crippen LogP contribution in [-0.4, -0.2) is 22.0 Å². The number of carboxylic acids is 1. The van der Waals surface area contributed by atoms with Crippen LogP contribution < -0.4 is 5.32 Å². The summed E-state index contributed by atoms with van der Waals surface area (Å²) in [6.07, 6.45) is 3.31. The normalized spacial score (nSPS) is 11.7. The lowest BCUT2D eigenvalue weighted by molar-refractivity contribution is 0.0690. The molecule has 102 valence electrons. The maximum absolute atomic E-state index is 12.2. The van der Waals surface area contributed by atoms with Crippen molar-refractivity contribution in [1.82, 2.24) is 10.3 Å². The molecule has 0 saturated heterocycles. The van der Waals surface area contributed by atoms with Gasteiger partial charge in [-0.3, -0.25) is 9.78 Å². The SMILES string of the molecule is C[C@@H](NC(=O)c1ccccc1C(=O)O)c1cccnc1. The largest absolute Gasteiger partial charge is 0.478 e. The average molecular weight is 270 g/mol. The fourth-order valence-corrected chi connectivity index (χ4v) is 1.86. The molecule has 0 saturated carbocycles. The van der Waals surface area contributed by atoms with Gasteiger partial charge >= 0.3 is 5.97 Å². The first kappa shape index (κ1) is 13.7. The molecule has 1 aromatic heterocycles. The highest BCUT2D eigenvalue weighted by molar-refractivity contribution is 6.04. The van der Waals surface area contributed by atoms with Gasteiger partial charge in [-0.05, 0) is 30.7 Å². The van der Waals surface area contributed by atoms with Crippen molar-refractivity contribution in [2.75, 3.05) is 0 Å². The maximum atomic E-state index is 12.2. The Morgan fingerprint density at radius 1 is 1.15 bits per heavy atom. The van der Waals surface area contributed by atoms with E-state index in [4.69, 9.17) is 5.11 Å². The quantitative estimate of drug-likeness (QED) is 0.893. The molecule has 5 heteroatoms. The molecule has 2 aromatic rings. The summed E-state index contributed by atoms with van der Waals surface area (Å²) >= 11 is 0. The van der Waals surface area contributed by atoms with E-state index in [1.54, 1.807) is 30.6 Å². The Kier molecular flexibility index (Phi) is 4.10. The molecular weight excluding hydrogens is 256 g/mol. The summed E-state index contributed by atoms with van der Waals surface area (Å²) in [5, 5.41) is 11.8. The van der Waals surface area contributed by atoms with Gasteiger partial charge in [0.1, 0.15) is 0 Å². The van der Waals surface area contributed by atoms with E-state index >= 15 is 0 Å².